The molecule has 29 heavy (non-hydrogen) atoms. The van der Waals surface area contributed by atoms with Gasteiger partial charge in [0.15, 0.2) is 5.96 Å². The summed E-state index contributed by atoms with van der Waals surface area (Å²) in [5, 5.41) is 6.40. The maximum atomic E-state index is 13.2. The standard InChI is InChI=1S/C21H31FN4O2.HI/c1-15-13-26(14-19(28-15)16-7-9-17(22)10-8-16)21(23-2)24-12-11-20(27)25-18-5-3-4-6-18;/h7-10,15,18-19H,3-6,11-14H2,1-2H3,(H,23,24)(H,25,27);1H. The minimum atomic E-state index is -0.252. The van der Waals surface area contributed by atoms with E-state index in [1.54, 1.807) is 19.2 Å². The van der Waals surface area contributed by atoms with E-state index in [9.17, 15) is 9.18 Å². The zero-order valence-electron chi connectivity index (χ0n) is 17.2. The third-order valence-corrected chi connectivity index (χ3v) is 5.37. The van der Waals surface area contributed by atoms with Crippen LogP contribution < -0.4 is 10.6 Å². The van der Waals surface area contributed by atoms with Gasteiger partial charge in [0.25, 0.3) is 0 Å². The fourth-order valence-corrected chi connectivity index (χ4v) is 3.98. The Morgan fingerprint density at radius 1 is 1.24 bits per heavy atom. The summed E-state index contributed by atoms with van der Waals surface area (Å²) in [7, 11) is 1.74. The predicted octanol–water partition coefficient (Wildman–Crippen LogP) is 3.23. The highest BCUT2D eigenvalue weighted by atomic mass is 127. The molecule has 0 radical (unpaired) electrons. The number of benzene rings is 1. The molecule has 2 fully saturated rings. The van der Waals surface area contributed by atoms with Crippen LogP contribution in [0.25, 0.3) is 0 Å². The number of ether oxygens (including phenoxy) is 1. The van der Waals surface area contributed by atoms with Crippen molar-refractivity contribution in [3.05, 3.63) is 35.6 Å². The van der Waals surface area contributed by atoms with E-state index in [1.807, 2.05) is 6.92 Å². The Bertz CT molecular complexity index is 680. The van der Waals surface area contributed by atoms with Crippen molar-refractivity contribution in [3.8, 4) is 0 Å². The minimum Gasteiger partial charge on any atom is -0.367 e. The molecule has 3 rings (SSSR count). The third kappa shape index (κ3) is 7.09. The van der Waals surface area contributed by atoms with Gasteiger partial charge in [-0.15, -0.1) is 24.0 Å². The van der Waals surface area contributed by atoms with Gasteiger partial charge in [0.05, 0.1) is 12.6 Å². The van der Waals surface area contributed by atoms with Gasteiger partial charge >= 0.3 is 0 Å². The van der Waals surface area contributed by atoms with Crippen molar-refractivity contribution in [1.29, 1.82) is 0 Å². The first-order valence-corrected chi connectivity index (χ1v) is 10.2. The first-order chi connectivity index (χ1) is 13.5. The lowest BCUT2D eigenvalue weighted by atomic mass is 10.1. The van der Waals surface area contributed by atoms with Gasteiger partial charge in [-0.05, 0) is 37.5 Å². The number of rotatable bonds is 5. The summed E-state index contributed by atoms with van der Waals surface area (Å²) in [6.45, 7) is 3.90. The molecular formula is C21H32FIN4O2. The molecule has 2 N–H and O–H groups in total. The second-order valence-electron chi connectivity index (χ2n) is 7.66. The topological polar surface area (TPSA) is 66.0 Å². The van der Waals surface area contributed by atoms with Crippen LogP contribution in [-0.2, 0) is 9.53 Å². The number of hydrogen-bond donors (Lipinski definition) is 2. The zero-order valence-corrected chi connectivity index (χ0v) is 19.5. The number of halogens is 2. The largest absolute Gasteiger partial charge is 0.367 e. The lowest BCUT2D eigenvalue weighted by Crippen LogP contribution is -2.51. The molecule has 8 heteroatoms. The fourth-order valence-electron chi connectivity index (χ4n) is 3.98. The molecule has 1 aromatic carbocycles. The third-order valence-electron chi connectivity index (χ3n) is 5.37. The number of amides is 1. The molecule has 2 unspecified atom stereocenters. The number of hydrogen-bond acceptors (Lipinski definition) is 3. The average Bonchev–Trinajstić information content (AvgIpc) is 3.18. The maximum Gasteiger partial charge on any atom is 0.221 e. The molecule has 1 aliphatic carbocycles. The summed E-state index contributed by atoms with van der Waals surface area (Å²) < 4.78 is 19.3. The SMILES string of the molecule is CN=C(NCCC(=O)NC1CCCC1)N1CC(C)OC(c2ccc(F)cc2)C1.I. The number of carbonyl (C=O) groups is 1. The van der Waals surface area contributed by atoms with Crippen LogP contribution >= 0.6 is 24.0 Å². The van der Waals surface area contributed by atoms with Gasteiger partial charge in [-0.3, -0.25) is 9.79 Å². The first kappa shape index (κ1) is 23.9. The minimum absolute atomic E-state index is 0. The van der Waals surface area contributed by atoms with Crippen molar-refractivity contribution in [2.75, 3.05) is 26.7 Å². The van der Waals surface area contributed by atoms with Gasteiger partial charge in [-0.1, -0.05) is 25.0 Å². The summed E-state index contributed by atoms with van der Waals surface area (Å²) >= 11 is 0. The van der Waals surface area contributed by atoms with Crippen LogP contribution in [0.15, 0.2) is 29.3 Å². The van der Waals surface area contributed by atoms with E-state index in [0.717, 1.165) is 24.4 Å². The Hall–Kier alpha value is -1.42. The van der Waals surface area contributed by atoms with Crippen molar-refractivity contribution in [2.24, 2.45) is 4.99 Å². The van der Waals surface area contributed by atoms with Crippen molar-refractivity contribution in [2.45, 2.75) is 57.3 Å². The Kier molecular flexibility index (Phi) is 9.61. The number of carbonyl (C=O) groups excluding carboxylic acids is 1. The van der Waals surface area contributed by atoms with E-state index >= 15 is 0 Å². The highest BCUT2D eigenvalue weighted by Crippen LogP contribution is 2.25. The summed E-state index contributed by atoms with van der Waals surface area (Å²) in [5.74, 6) is 0.600. The van der Waals surface area contributed by atoms with E-state index in [-0.39, 0.29) is 47.9 Å². The molecule has 1 amide bonds. The van der Waals surface area contributed by atoms with Gasteiger partial charge in [0.1, 0.15) is 11.9 Å². The van der Waals surface area contributed by atoms with Crippen molar-refractivity contribution in [3.63, 3.8) is 0 Å². The lowest BCUT2D eigenvalue weighted by molar-refractivity contribution is -0.121. The number of morpholine rings is 1. The molecule has 6 nitrogen and oxygen atoms in total. The Balaban J connectivity index is 0.00000300. The van der Waals surface area contributed by atoms with Crippen LogP contribution in [-0.4, -0.2) is 55.6 Å². The van der Waals surface area contributed by atoms with Crippen molar-refractivity contribution >= 4 is 35.8 Å². The van der Waals surface area contributed by atoms with Gasteiger partial charge in [0, 0.05) is 32.6 Å². The van der Waals surface area contributed by atoms with Gasteiger partial charge in [-0.25, -0.2) is 4.39 Å². The van der Waals surface area contributed by atoms with Crippen LogP contribution in [0.2, 0.25) is 0 Å². The van der Waals surface area contributed by atoms with Gasteiger partial charge in [-0.2, -0.15) is 0 Å². The quantitative estimate of drug-likeness (QED) is 0.357. The summed E-state index contributed by atoms with van der Waals surface area (Å²) in [5.41, 5.74) is 0.948. The van der Waals surface area contributed by atoms with Crippen LogP contribution in [0.5, 0.6) is 0 Å². The zero-order chi connectivity index (χ0) is 19.9. The predicted molar refractivity (Wildman–Crippen MR) is 123 cm³/mol. The van der Waals surface area contributed by atoms with E-state index in [1.165, 1.54) is 25.0 Å². The van der Waals surface area contributed by atoms with Crippen molar-refractivity contribution < 1.29 is 13.9 Å². The molecule has 0 spiro atoms. The highest BCUT2D eigenvalue weighted by molar-refractivity contribution is 14.0. The normalized spacial score (nSPS) is 22.9. The number of aliphatic imine (C=N–C) groups is 1. The summed E-state index contributed by atoms with van der Waals surface area (Å²) in [6.07, 6.45) is 4.91. The summed E-state index contributed by atoms with van der Waals surface area (Å²) in [4.78, 5) is 18.6. The van der Waals surface area contributed by atoms with E-state index in [2.05, 4.69) is 20.5 Å². The monoisotopic (exact) mass is 518 g/mol. The van der Waals surface area contributed by atoms with Crippen molar-refractivity contribution in [1.82, 2.24) is 15.5 Å². The molecule has 1 heterocycles. The molecule has 1 saturated heterocycles. The van der Waals surface area contributed by atoms with E-state index in [4.69, 9.17) is 4.74 Å². The molecule has 1 aliphatic heterocycles. The highest BCUT2D eigenvalue weighted by Gasteiger charge is 2.28. The number of nitrogens with zero attached hydrogens (tertiary/aromatic N) is 2. The van der Waals surface area contributed by atoms with Crippen LogP contribution in [0, 0.1) is 5.82 Å². The Morgan fingerprint density at radius 3 is 2.59 bits per heavy atom. The smallest absolute Gasteiger partial charge is 0.221 e. The lowest BCUT2D eigenvalue weighted by Gasteiger charge is -2.38. The number of nitrogens with one attached hydrogen (secondary N) is 2. The van der Waals surface area contributed by atoms with E-state index < -0.39 is 0 Å². The Labute approximate surface area is 189 Å². The fraction of sp³-hybridized carbons (Fsp3) is 0.619. The Morgan fingerprint density at radius 2 is 1.93 bits per heavy atom. The molecule has 2 atom stereocenters. The molecule has 1 saturated carbocycles. The molecule has 1 aromatic rings. The molecule has 162 valence electrons. The molecular weight excluding hydrogens is 486 g/mol. The first-order valence-electron chi connectivity index (χ1n) is 10.2. The second-order valence-corrected chi connectivity index (χ2v) is 7.66. The second kappa shape index (κ2) is 11.7. The van der Waals surface area contributed by atoms with Gasteiger partial charge < -0.3 is 20.3 Å². The summed E-state index contributed by atoms with van der Waals surface area (Å²) in [6, 6.07) is 6.79. The van der Waals surface area contributed by atoms with Gasteiger partial charge in [0.2, 0.25) is 5.91 Å². The molecule has 2 aliphatic rings. The number of guanidine groups is 1. The van der Waals surface area contributed by atoms with Crippen LogP contribution in [0.1, 0.15) is 50.7 Å². The van der Waals surface area contributed by atoms with Crippen LogP contribution in [0.4, 0.5) is 4.39 Å². The molecule has 0 bridgehead atoms. The molecule has 0 aromatic heterocycles. The van der Waals surface area contributed by atoms with Crippen LogP contribution in [0.3, 0.4) is 0 Å². The average molecular weight is 518 g/mol. The van der Waals surface area contributed by atoms with E-state index in [0.29, 0.717) is 32.1 Å². The maximum absolute atomic E-state index is 13.2.